The molecule has 0 aromatic rings. The van der Waals surface area contributed by atoms with Crippen molar-refractivity contribution in [3.8, 4) is 0 Å². The van der Waals surface area contributed by atoms with Gasteiger partial charge >= 0.3 is 35.8 Å². The van der Waals surface area contributed by atoms with E-state index in [4.69, 9.17) is 42.6 Å². The molecule has 0 aromatic heterocycles. The maximum Gasteiger partial charge on any atom is 0.303 e. The SMILES string of the molecule is CC(=O)OC[C@@H]1OC[C@@H](O[C@H]2O[C@H](COC(C)=O)[C@@H](O)[C@H](OC(C)=O)[C@@H]2OC(C)=O)[C@@H](OC(C)=O)[C@@H]1OC(C)=O. The van der Waals surface area contributed by atoms with Crippen molar-refractivity contribution in [1.82, 2.24) is 0 Å². The lowest BCUT2D eigenvalue weighted by atomic mass is 9.97. The van der Waals surface area contributed by atoms with E-state index >= 15 is 0 Å². The molecule has 0 aromatic carbocycles. The fourth-order valence-corrected chi connectivity index (χ4v) is 4.11. The summed E-state index contributed by atoms with van der Waals surface area (Å²) < 4.78 is 48.6. The van der Waals surface area contributed by atoms with Gasteiger partial charge in [0, 0.05) is 41.5 Å². The first-order valence-corrected chi connectivity index (χ1v) is 12.3. The van der Waals surface area contributed by atoms with E-state index in [9.17, 15) is 33.9 Å². The van der Waals surface area contributed by atoms with Crippen molar-refractivity contribution in [2.24, 2.45) is 0 Å². The highest BCUT2D eigenvalue weighted by atomic mass is 16.7. The molecule has 0 bridgehead atoms. The van der Waals surface area contributed by atoms with E-state index in [2.05, 4.69) is 0 Å². The molecule has 9 atom stereocenters. The second-order valence-electron chi connectivity index (χ2n) is 8.98. The number of carbonyl (C=O) groups excluding carboxylic acids is 6. The average molecular weight is 579 g/mol. The van der Waals surface area contributed by atoms with Gasteiger partial charge in [-0.3, -0.25) is 28.8 Å². The second-order valence-corrected chi connectivity index (χ2v) is 8.98. The summed E-state index contributed by atoms with van der Waals surface area (Å²) in [5.41, 5.74) is 0. The van der Waals surface area contributed by atoms with Crippen LogP contribution in [0.15, 0.2) is 0 Å². The van der Waals surface area contributed by atoms with Gasteiger partial charge in [0.2, 0.25) is 0 Å². The lowest BCUT2D eigenvalue weighted by Crippen LogP contribution is -2.64. The Kier molecular flexibility index (Phi) is 12.2. The van der Waals surface area contributed by atoms with E-state index in [1.165, 1.54) is 0 Å². The molecule has 2 fully saturated rings. The molecule has 226 valence electrons. The number of carbonyl (C=O) groups is 6. The molecule has 2 heterocycles. The zero-order valence-electron chi connectivity index (χ0n) is 22.9. The van der Waals surface area contributed by atoms with Crippen molar-refractivity contribution in [3.05, 3.63) is 0 Å². The molecule has 2 aliphatic rings. The maximum atomic E-state index is 12.0. The fraction of sp³-hybridized carbons (Fsp3) is 0.750. The van der Waals surface area contributed by atoms with Crippen LogP contribution in [0.3, 0.4) is 0 Å². The van der Waals surface area contributed by atoms with Gasteiger partial charge in [-0.1, -0.05) is 0 Å². The molecule has 2 rings (SSSR count). The number of hydrogen-bond acceptors (Lipinski definition) is 16. The third-order valence-corrected chi connectivity index (χ3v) is 5.57. The van der Waals surface area contributed by atoms with Crippen LogP contribution in [0, 0.1) is 0 Å². The monoisotopic (exact) mass is 578 g/mol. The minimum absolute atomic E-state index is 0.330. The zero-order valence-corrected chi connectivity index (χ0v) is 22.9. The van der Waals surface area contributed by atoms with E-state index in [1.807, 2.05) is 0 Å². The second kappa shape index (κ2) is 14.9. The van der Waals surface area contributed by atoms with Gasteiger partial charge in [-0.05, 0) is 0 Å². The summed E-state index contributed by atoms with van der Waals surface area (Å²) in [6, 6.07) is 0. The van der Waals surface area contributed by atoms with Crippen molar-refractivity contribution in [1.29, 1.82) is 0 Å². The van der Waals surface area contributed by atoms with Gasteiger partial charge in [-0.15, -0.1) is 0 Å². The number of esters is 6. The zero-order chi connectivity index (χ0) is 30.1. The van der Waals surface area contributed by atoms with Crippen LogP contribution in [0.2, 0.25) is 0 Å². The number of hydrogen-bond donors (Lipinski definition) is 1. The van der Waals surface area contributed by atoms with Crippen LogP contribution in [0.25, 0.3) is 0 Å². The van der Waals surface area contributed by atoms with Crippen LogP contribution >= 0.6 is 0 Å². The third-order valence-electron chi connectivity index (χ3n) is 5.57. The summed E-state index contributed by atoms with van der Waals surface area (Å²) in [4.78, 5) is 70.3. The Balaban J connectivity index is 2.44. The Labute approximate surface area is 229 Å². The Hall–Kier alpha value is -3.34. The van der Waals surface area contributed by atoms with Gasteiger partial charge < -0.3 is 47.7 Å². The Morgan fingerprint density at radius 1 is 0.625 bits per heavy atom. The summed E-state index contributed by atoms with van der Waals surface area (Å²) >= 11 is 0. The Bertz CT molecular complexity index is 949. The van der Waals surface area contributed by atoms with E-state index in [1.54, 1.807) is 0 Å². The molecule has 0 radical (unpaired) electrons. The van der Waals surface area contributed by atoms with Gasteiger partial charge in [-0.2, -0.15) is 0 Å². The van der Waals surface area contributed by atoms with E-state index in [0.29, 0.717) is 0 Å². The van der Waals surface area contributed by atoms with Crippen LogP contribution < -0.4 is 0 Å². The van der Waals surface area contributed by atoms with E-state index in [-0.39, 0.29) is 13.2 Å². The lowest BCUT2D eigenvalue weighted by Gasteiger charge is -2.46. The molecule has 0 aliphatic carbocycles. The fourth-order valence-electron chi connectivity index (χ4n) is 4.11. The molecule has 1 N–H and O–H groups in total. The van der Waals surface area contributed by atoms with Crippen molar-refractivity contribution in [3.63, 3.8) is 0 Å². The summed E-state index contributed by atoms with van der Waals surface area (Å²) in [7, 11) is 0. The van der Waals surface area contributed by atoms with Crippen LogP contribution in [-0.4, -0.2) is 116 Å². The van der Waals surface area contributed by atoms with Gasteiger partial charge in [0.05, 0.1) is 6.61 Å². The third kappa shape index (κ3) is 9.69. The standard InChI is InChI=1S/C24H34O16/c1-10(25)32-7-16-19(31)22(37-14(5)29)23(38-15(6)30)24(39-16)40-18-9-34-17(8-33-11(2)26)20(35-12(3)27)21(18)36-13(4)28/h16-24,31H,7-9H2,1-6H3/t16-,17+,18-,19-,20-,21-,22+,23+,24-/m1/s1. The summed E-state index contributed by atoms with van der Waals surface area (Å²) in [6.45, 7) is 5.43. The average Bonchev–Trinajstić information content (AvgIpc) is 2.82. The molecule has 16 heteroatoms. The number of ether oxygens (including phenoxy) is 9. The predicted molar refractivity (Wildman–Crippen MR) is 125 cm³/mol. The topological polar surface area (TPSA) is 206 Å². The smallest absolute Gasteiger partial charge is 0.303 e. The highest BCUT2D eigenvalue weighted by Gasteiger charge is 2.53. The van der Waals surface area contributed by atoms with Crippen molar-refractivity contribution in [2.75, 3.05) is 19.8 Å². The largest absolute Gasteiger partial charge is 0.463 e. The molecule has 2 saturated heterocycles. The summed E-state index contributed by atoms with van der Waals surface area (Å²) in [5, 5.41) is 10.8. The van der Waals surface area contributed by atoms with Crippen LogP contribution in [0.4, 0.5) is 0 Å². The minimum Gasteiger partial charge on any atom is -0.463 e. The highest BCUT2D eigenvalue weighted by Crippen LogP contribution is 2.32. The Morgan fingerprint density at radius 2 is 1.07 bits per heavy atom. The van der Waals surface area contributed by atoms with Gasteiger partial charge in [0.1, 0.15) is 37.6 Å². The predicted octanol–water partition coefficient (Wildman–Crippen LogP) is -1.29. The molecule has 0 unspecified atom stereocenters. The first kappa shape index (κ1) is 32.9. The van der Waals surface area contributed by atoms with Crippen molar-refractivity contribution in [2.45, 2.75) is 96.7 Å². The first-order chi connectivity index (χ1) is 18.7. The van der Waals surface area contributed by atoms with E-state index < -0.39 is 97.5 Å². The summed E-state index contributed by atoms with van der Waals surface area (Å²) in [6.07, 6.45) is -12.6. The lowest BCUT2D eigenvalue weighted by molar-refractivity contribution is -0.334. The molecule has 40 heavy (non-hydrogen) atoms. The van der Waals surface area contributed by atoms with Crippen molar-refractivity contribution < 1.29 is 76.5 Å². The van der Waals surface area contributed by atoms with Crippen molar-refractivity contribution >= 4 is 35.8 Å². The first-order valence-electron chi connectivity index (χ1n) is 12.3. The van der Waals surface area contributed by atoms with E-state index in [0.717, 1.165) is 41.5 Å². The molecule has 0 saturated carbocycles. The van der Waals surface area contributed by atoms with Crippen LogP contribution in [-0.2, 0) is 71.4 Å². The quantitative estimate of drug-likeness (QED) is 0.236. The minimum atomic E-state index is -1.62. The highest BCUT2D eigenvalue weighted by molar-refractivity contribution is 5.68. The maximum absolute atomic E-state index is 12.0. The molecule has 0 amide bonds. The van der Waals surface area contributed by atoms with Gasteiger partial charge in [0.15, 0.2) is 30.7 Å². The Morgan fingerprint density at radius 3 is 1.57 bits per heavy atom. The van der Waals surface area contributed by atoms with Gasteiger partial charge in [0.25, 0.3) is 0 Å². The summed E-state index contributed by atoms with van der Waals surface area (Å²) in [5.74, 6) is -4.58. The number of aliphatic hydroxyl groups is 1. The van der Waals surface area contributed by atoms with Gasteiger partial charge in [-0.25, -0.2) is 0 Å². The molecule has 0 spiro atoms. The number of rotatable bonds is 10. The molecule has 16 nitrogen and oxygen atoms in total. The van der Waals surface area contributed by atoms with Crippen LogP contribution in [0.1, 0.15) is 41.5 Å². The normalized spacial score (nSPS) is 31.7. The number of aliphatic hydroxyl groups excluding tert-OH is 1. The molecular weight excluding hydrogens is 544 g/mol. The molecular formula is C24H34O16. The molecule has 2 aliphatic heterocycles. The van der Waals surface area contributed by atoms with Crippen LogP contribution in [0.5, 0.6) is 0 Å².